The lowest BCUT2D eigenvalue weighted by atomic mass is 9.52. The number of ether oxygens (including phenoxy) is 7. The summed E-state index contributed by atoms with van der Waals surface area (Å²) in [6.45, 7) is 15.4. The van der Waals surface area contributed by atoms with Crippen molar-refractivity contribution in [2.24, 2.45) is 46.3 Å². The van der Waals surface area contributed by atoms with Crippen LogP contribution in [0.5, 0.6) is 0 Å². The van der Waals surface area contributed by atoms with Crippen molar-refractivity contribution in [2.45, 2.75) is 155 Å². The van der Waals surface area contributed by atoms with Crippen molar-refractivity contribution in [3.63, 3.8) is 0 Å². The molecule has 68 heavy (non-hydrogen) atoms. The minimum Gasteiger partial charge on any atom is -0.458 e. The lowest BCUT2D eigenvalue weighted by Gasteiger charge is -2.58. The van der Waals surface area contributed by atoms with E-state index in [-0.39, 0.29) is 42.3 Å². The molecular formula is C51H56N2O15. The number of anilines is 1. The predicted octanol–water partition coefficient (Wildman–Crippen LogP) is 1.16. The van der Waals surface area contributed by atoms with Crippen molar-refractivity contribution in [1.29, 1.82) is 0 Å². The van der Waals surface area contributed by atoms with Gasteiger partial charge in [0, 0.05) is 54.3 Å². The Morgan fingerprint density at radius 2 is 1.47 bits per heavy atom. The zero-order chi connectivity index (χ0) is 47.2. The number of epoxide rings is 2. The molecule has 9 saturated heterocycles. The van der Waals surface area contributed by atoms with E-state index in [1.165, 1.54) is 30.6 Å². The van der Waals surface area contributed by atoms with Gasteiger partial charge in [0.25, 0.3) is 0 Å². The zero-order valence-corrected chi connectivity index (χ0v) is 38.5. The lowest BCUT2D eigenvalue weighted by molar-refractivity contribution is -0.223. The Kier molecular flexibility index (Phi) is 7.28. The van der Waals surface area contributed by atoms with Gasteiger partial charge in [-0.25, -0.2) is 9.59 Å². The summed E-state index contributed by atoms with van der Waals surface area (Å²) in [5.41, 5.74) is -3.13. The van der Waals surface area contributed by atoms with Crippen LogP contribution >= 0.6 is 0 Å². The number of amides is 1. The lowest BCUT2D eigenvalue weighted by Crippen LogP contribution is -2.69. The first-order valence-corrected chi connectivity index (χ1v) is 24.6. The molecule has 1 aromatic rings. The first kappa shape index (κ1) is 41.5. The van der Waals surface area contributed by atoms with Crippen LogP contribution in [0.15, 0.2) is 48.1 Å². The maximum absolute atomic E-state index is 13.2. The van der Waals surface area contributed by atoms with Crippen LogP contribution in [-0.4, -0.2) is 153 Å². The molecule has 6 bridgehead atoms. The average Bonchev–Trinajstić information content (AvgIpc) is 3.73. The van der Waals surface area contributed by atoms with Gasteiger partial charge in [0.1, 0.15) is 24.4 Å². The summed E-state index contributed by atoms with van der Waals surface area (Å²) >= 11 is 0. The third kappa shape index (κ3) is 4.00. The zero-order valence-electron chi connectivity index (χ0n) is 38.5. The second-order valence-corrected chi connectivity index (χ2v) is 24.1. The van der Waals surface area contributed by atoms with Crippen molar-refractivity contribution in [1.82, 2.24) is 4.90 Å². The summed E-state index contributed by atoms with van der Waals surface area (Å²) in [7, 11) is 0. The molecule has 11 aliphatic heterocycles. The van der Waals surface area contributed by atoms with E-state index in [9.17, 15) is 39.3 Å². The average molecular weight is 937 g/mol. The molecule has 17 rings (SSSR count). The first-order chi connectivity index (χ1) is 32.2. The Labute approximate surface area is 391 Å². The largest absolute Gasteiger partial charge is 0.458 e. The molecule has 17 heteroatoms. The molecule has 11 heterocycles. The second-order valence-electron chi connectivity index (χ2n) is 24.1. The minimum atomic E-state index is -1.47. The molecule has 0 unspecified atom stereocenters. The summed E-state index contributed by atoms with van der Waals surface area (Å²) in [5, 5.41) is 33.3. The molecule has 5 aliphatic carbocycles. The van der Waals surface area contributed by atoms with Crippen molar-refractivity contribution >= 4 is 35.5 Å². The molecule has 0 aromatic heterocycles. The number of fused-ring (bicyclic) bond motifs is 10. The quantitative estimate of drug-likeness (QED) is 0.164. The SMILES string of the molecule is C=C(C)[C@@H]1[C@H]2OC(=O)[C@@H]1[C@]1(O)C[C@H]3O[C@]34C(=O)O[C@H]2[C@]14C.CC(C)(O)[C@@H]1[C@H]2OC(=O)[C@@H]1[C@]1(O)C[C@H]3O[C@]34C(=O)O[C@H]2[C@]14C.O=C1C[C@@H]2OCC=C3CN4CC[C@]56c7ccccc7N1[C@H]5[C@H]2[C@H]3C[C@H]46. The molecule has 16 aliphatic rings. The molecule has 3 N–H and O–H groups in total. The number of carbonyl (C=O) groups is 5. The standard InChI is InChI=1S/C21H22N2O2.C15H18O7.C15H16O6/c24-18-10-16-19-13-9-17-21(6-7-22(17)11-12(13)5-8-25-16)14-3-1-2-4-15(14)23(18)20(19)21;1-12(2,18)6-7-10(16)20-8(6)9-13(3)14(7,19)4-5-15(13,22-5)11(17)21-9;1-5(2)7-8-11(16)19-9(7)10-13(3)14(8,18)4-6-15(13,21-6)12(17)20-10/h1-5,13,16-17,19-20H,6-11H2;5-9,18-19H,4H2,1-3H3;6-10,18H,1,4H2,2-3H3/t13-,16-,17-,19-,20-,21+;5-,6+,7-,8-,9-,13-,14-,15+;6-,7+,8-,9-,10-,13-,14-,15+/m011/s1. The van der Waals surface area contributed by atoms with Gasteiger partial charge in [-0.3, -0.25) is 19.3 Å². The molecule has 17 nitrogen and oxygen atoms in total. The highest BCUT2D eigenvalue weighted by atomic mass is 16.7. The molecule has 5 saturated carbocycles. The number of hydrogen-bond acceptors (Lipinski definition) is 16. The van der Waals surface area contributed by atoms with Crippen LogP contribution in [0.3, 0.4) is 0 Å². The van der Waals surface area contributed by atoms with Gasteiger partial charge in [0.15, 0.2) is 12.2 Å². The number of esters is 4. The summed E-state index contributed by atoms with van der Waals surface area (Å²) in [6, 6.07) is 9.64. The Balaban J connectivity index is 0.0000000932. The van der Waals surface area contributed by atoms with Crippen molar-refractivity contribution in [3.05, 3.63) is 53.6 Å². The molecule has 22 atom stereocenters. The van der Waals surface area contributed by atoms with Gasteiger partial charge in [0.2, 0.25) is 17.1 Å². The van der Waals surface area contributed by atoms with Crippen LogP contribution in [0.4, 0.5) is 5.69 Å². The van der Waals surface area contributed by atoms with E-state index in [0.29, 0.717) is 36.9 Å². The smallest absolute Gasteiger partial charge is 0.342 e. The monoisotopic (exact) mass is 936 g/mol. The fourth-order valence-corrected chi connectivity index (χ4v) is 18.9. The molecule has 3 spiro atoms. The van der Waals surface area contributed by atoms with Crippen LogP contribution in [0.1, 0.15) is 72.3 Å². The Morgan fingerprint density at radius 3 is 2.13 bits per heavy atom. The number of carbonyl (C=O) groups excluding carboxylic acids is 5. The third-order valence-electron chi connectivity index (χ3n) is 21.7. The molecule has 0 radical (unpaired) electrons. The highest BCUT2D eigenvalue weighted by Crippen LogP contribution is 2.79. The maximum Gasteiger partial charge on any atom is 0.342 e. The summed E-state index contributed by atoms with van der Waals surface area (Å²) < 4.78 is 39.4. The van der Waals surface area contributed by atoms with E-state index in [0.717, 1.165) is 12.1 Å². The van der Waals surface area contributed by atoms with Gasteiger partial charge in [-0.15, -0.1) is 0 Å². The van der Waals surface area contributed by atoms with Gasteiger partial charge in [-0.1, -0.05) is 42.0 Å². The van der Waals surface area contributed by atoms with Gasteiger partial charge < -0.3 is 53.4 Å². The van der Waals surface area contributed by atoms with E-state index in [4.69, 9.17) is 33.2 Å². The van der Waals surface area contributed by atoms with Crippen LogP contribution in [0, 0.1) is 46.3 Å². The number of aliphatic hydroxyl groups is 3. The predicted molar refractivity (Wildman–Crippen MR) is 229 cm³/mol. The minimum absolute atomic E-state index is 0.104. The highest BCUT2D eigenvalue weighted by molar-refractivity contribution is 5.99. The normalized spacial score (nSPS) is 55.6. The number of piperidine rings is 2. The van der Waals surface area contributed by atoms with E-state index >= 15 is 0 Å². The Hall–Kier alpha value is -4.23. The van der Waals surface area contributed by atoms with Crippen LogP contribution in [0.2, 0.25) is 0 Å². The van der Waals surface area contributed by atoms with E-state index in [2.05, 4.69) is 46.7 Å². The molecule has 1 amide bonds. The van der Waals surface area contributed by atoms with Crippen molar-refractivity contribution in [3.8, 4) is 0 Å². The fourth-order valence-electron chi connectivity index (χ4n) is 18.9. The van der Waals surface area contributed by atoms with Gasteiger partial charge >= 0.3 is 23.9 Å². The van der Waals surface area contributed by atoms with Crippen LogP contribution in [0.25, 0.3) is 0 Å². The van der Waals surface area contributed by atoms with Gasteiger partial charge in [-0.05, 0) is 71.6 Å². The first-order valence-electron chi connectivity index (χ1n) is 24.6. The maximum atomic E-state index is 13.2. The molecular weight excluding hydrogens is 881 g/mol. The van der Waals surface area contributed by atoms with Crippen molar-refractivity contribution < 1.29 is 72.5 Å². The number of rotatable bonds is 2. The number of hydrogen-bond donors (Lipinski definition) is 3. The van der Waals surface area contributed by atoms with Crippen molar-refractivity contribution in [2.75, 3.05) is 24.6 Å². The van der Waals surface area contributed by atoms with E-state index < -0.39 is 111 Å². The molecule has 1 aromatic carbocycles. The second kappa shape index (κ2) is 11.9. The Bertz CT molecular complexity index is 2700. The summed E-state index contributed by atoms with van der Waals surface area (Å²) in [4.78, 5) is 67.5. The Morgan fingerprint density at radius 1 is 0.853 bits per heavy atom. The summed E-state index contributed by atoms with van der Waals surface area (Å²) in [5.74, 6) is -3.02. The number of benzene rings is 1. The van der Waals surface area contributed by atoms with Gasteiger partial charge in [-0.2, -0.15) is 0 Å². The summed E-state index contributed by atoms with van der Waals surface area (Å²) in [6.07, 6.45) is 2.31. The van der Waals surface area contributed by atoms with E-state index in [1.807, 2.05) is 6.92 Å². The molecule has 14 fully saturated rings. The third-order valence-corrected chi connectivity index (χ3v) is 21.7. The number of para-hydroxylation sites is 1. The highest BCUT2D eigenvalue weighted by Gasteiger charge is 2.97. The topological polar surface area (TPSA) is 224 Å². The number of nitrogens with zero attached hydrogens (tertiary/aromatic N) is 2. The fraction of sp³-hybridized carbons (Fsp3) is 0.706. The van der Waals surface area contributed by atoms with Crippen LogP contribution < -0.4 is 4.90 Å². The van der Waals surface area contributed by atoms with E-state index in [1.54, 1.807) is 33.3 Å². The van der Waals surface area contributed by atoms with Crippen LogP contribution in [-0.2, 0) is 62.5 Å². The molecule has 360 valence electrons. The van der Waals surface area contributed by atoms with Gasteiger partial charge in [0.05, 0.1) is 64.6 Å².